The molecule has 2 aromatic heterocycles. The molecule has 0 radical (unpaired) electrons. The normalized spacial score (nSPS) is 14.0. The highest BCUT2D eigenvalue weighted by atomic mass is 32.1. The number of hydrogen-bond acceptors (Lipinski definition) is 5. The molecular formula is C21H24FN3O2S. The largest absolute Gasteiger partial charge is 0.383 e. The minimum Gasteiger partial charge on any atom is -0.383 e. The van der Waals surface area contributed by atoms with Crippen molar-refractivity contribution in [1.82, 2.24) is 14.3 Å². The summed E-state index contributed by atoms with van der Waals surface area (Å²) in [5, 5.41) is 0. The van der Waals surface area contributed by atoms with Gasteiger partial charge in [0.1, 0.15) is 5.82 Å². The predicted molar refractivity (Wildman–Crippen MR) is 108 cm³/mol. The van der Waals surface area contributed by atoms with Crippen LogP contribution in [0.25, 0.3) is 4.96 Å². The van der Waals surface area contributed by atoms with E-state index in [1.807, 2.05) is 0 Å². The molecule has 148 valence electrons. The van der Waals surface area contributed by atoms with Crippen LogP contribution in [0.15, 0.2) is 35.1 Å². The van der Waals surface area contributed by atoms with Gasteiger partial charge in [-0.1, -0.05) is 12.1 Å². The summed E-state index contributed by atoms with van der Waals surface area (Å²) in [4.78, 5) is 21.8. The van der Waals surface area contributed by atoms with Crippen molar-refractivity contribution in [2.24, 2.45) is 0 Å². The number of aromatic nitrogens is 2. The van der Waals surface area contributed by atoms with Crippen LogP contribution in [0.3, 0.4) is 0 Å². The summed E-state index contributed by atoms with van der Waals surface area (Å²) in [5.74, 6) is -0.242. The number of fused-ring (bicyclic) bond motifs is 3. The van der Waals surface area contributed by atoms with Crippen molar-refractivity contribution in [1.29, 1.82) is 0 Å². The summed E-state index contributed by atoms with van der Waals surface area (Å²) < 4.78 is 20.2. The topological polar surface area (TPSA) is 46.8 Å². The van der Waals surface area contributed by atoms with Gasteiger partial charge in [0.05, 0.1) is 12.3 Å². The maximum absolute atomic E-state index is 13.2. The Hall–Kier alpha value is -2.09. The fourth-order valence-electron chi connectivity index (χ4n) is 3.73. The quantitative estimate of drug-likeness (QED) is 0.609. The highest BCUT2D eigenvalue weighted by Gasteiger charge is 2.19. The van der Waals surface area contributed by atoms with Gasteiger partial charge in [-0.3, -0.25) is 14.1 Å². The van der Waals surface area contributed by atoms with E-state index < -0.39 is 0 Å². The second-order valence-corrected chi connectivity index (χ2v) is 8.27. The van der Waals surface area contributed by atoms with E-state index in [4.69, 9.17) is 9.72 Å². The number of halogens is 1. The van der Waals surface area contributed by atoms with E-state index >= 15 is 0 Å². The summed E-state index contributed by atoms with van der Waals surface area (Å²) >= 11 is 1.65. The van der Waals surface area contributed by atoms with Crippen LogP contribution in [0.4, 0.5) is 4.39 Å². The van der Waals surface area contributed by atoms with Gasteiger partial charge in [0.25, 0.3) is 5.56 Å². The lowest BCUT2D eigenvalue weighted by atomic mass is 10.0. The highest BCUT2D eigenvalue weighted by Crippen LogP contribution is 2.28. The molecule has 0 saturated carbocycles. The van der Waals surface area contributed by atoms with Crippen LogP contribution in [0, 0.1) is 5.82 Å². The second kappa shape index (κ2) is 8.51. The third-order valence-corrected chi connectivity index (χ3v) is 6.27. The molecule has 0 unspecified atom stereocenters. The molecule has 0 aliphatic heterocycles. The highest BCUT2D eigenvalue weighted by molar-refractivity contribution is 7.17. The summed E-state index contributed by atoms with van der Waals surface area (Å²) in [6.07, 6.45) is 4.32. The Kier molecular flexibility index (Phi) is 5.85. The molecule has 1 aromatic carbocycles. The van der Waals surface area contributed by atoms with Crippen molar-refractivity contribution in [2.45, 2.75) is 38.8 Å². The molecule has 28 heavy (non-hydrogen) atoms. The molecule has 0 saturated heterocycles. The Morgan fingerprint density at radius 3 is 2.79 bits per heavy atom. The molecule has 2 heterocycles. The van der Waals surface area contributed by atoms with Crippen molar-refractivity contribution in [3.8, 4) is 0 Å². The van der Waals surface area contributed by atoms with Crippen LogP contribution in [-0.4, -0.2) is 34.5 Å². The smallest absolute Gasteiger partial charge is 0.259 e. The first kappa shape index (κ1) is 19.2. The SMILES string of the molecule is COCCN(Cc1ccc(F)cc1)Cc1cc(=O)n2c3c(sc2n1)CCCC3. The van der Waals surface area contributed by atoms with Crippen molar-refractivity contribution >= 4 is 16.3 Å². The van der Waals surface area contributed by atoms with Crippen LogP contribution in [-0.2, 0) is 30.7 Å². The van der Waals surface area contributed by atoms with Gasteiger partial charge < -0.3 is 4.74 Å². The van der Waals surface area contributed by atoms with E-state index in [1.54, 1.807) is 41.0 Å². The standard InChI is InChI=1S/C21H24FN3O2S/c1-27-11-10-24(13-15-6-8-16(22)9-7-15)14-17-12-20(26)25-18-4-2-3-5-19(18)28-21(25)23-17/h6-9,12H,2-5,10-11,13-14H2,1H3. The second-order valence-electron chi connectivity index (χ2n) is 7.21. The fourth-order valence-corrected chi connectivity index (χ4v) is 4.97. The molecule has 0 bridgehead atoms. The Morgan fingerprint density at radius 1 is 1.21 bits per heavy atom. The molecule has 0 atom stereocenters. The number of methoxy groups -OCH3 is 1. The molecule has 0 amide bonds. The summed E-state index contributed by atoms with van der Waals surface area (Å²) in [7, 11) is 1.67. The zero-order valence-corrected chi connectivity index (χ0v) is 16.8. The van der Waals surface area contributed by atoms with Gasteiger partial charge in [0.2, 0.25) is 0 Å². The lowest BCUT2D eigenvalue weighted by Gasteiger charge is -2.21. The van der Waals surface area contributed by atoms with Crippen LogP contribution < -0.4 is 5.56 Å². The number of rotatable bonds is 7. The Balaban J connectivity index is 1.59. The molecule has 0 fully saturated rings. The number of benzene rings is 1. The Morgan fingerprint density at radius 2 is 2.00 bits per heavy atom. The lowest BCUT2D eigenvalue weighted by molar-refractivity contribution is 0.139. The molecule has 1 aliphatic carbocycles. The third-order valence-electron chi connectivity index (χ3n) is 5.13. The first-order chi connectivity index (χ1) is 13.6. The molecule has 1 aliphatic rings. The first-order valence-electron chi connectivity index (χ1n) is 9.63. The average molecular weight is 402 g/mol. The monoisotopic (exact) mass is 401 g/mol. The fraction of sp³-hybridized carbons (Fsp3) is 0.429. The van der Waals surface area contributed by atoms with E-state index in [2.05, 4.69) is 4.90 Å². The van der Waals surface area contributed by atoms with Crippen molar-refractivity contribution in [2.75, 3.05) is 20.3 Å². The number of thiazole rings is 1. The van der Waals surface area contributed by atoms with E-state index in [-0.39, 0.29) is 11.4 Å². The van der Waals surface area contributed by atoms with Crippen LogP contribution >= 0.6 is 11.3 Å². The van der Waals surface area contributed by atoms with Crippen LogP contribution in [0.5, 0.6) is 0 Å². The van der Waals surface area contributed by atoms with E-state index in [0.717, 1.165) is 41.2 Å². The zero-order chi connectivity index (χ0) is 19.5. The Labute approximate surface area is 167 Å². The van der Waals surface area contributed by atoms with Gasteiger partial charge in [-0.15, -0.1) is 11.3 Å². The average Bonchev–Trinajstić information content (AvgIpc) is 3.06. The van der Waals surface area contributed by atoms with Crippen molar-refractivity contribution in [3.63, 3.8) is 0 Å². The molecule has 3 aromatic rings. The Bertz CT molecular complexity index is 1010. The van der Waals surface area contributed by atoms with E-state index in [0.29, 0.717) is 26.2 Å². The van der Waals surface area contributed by atoms with E-state index in [1.165, 1.54) is 23.4 Å². The first-order valence-corrected chi connectivity index (χ1v) is 10.4. The molecule has 0 spiro atoms. The number of nitrogens with zero attached hydrogens (tertiary/aromatic N) is 3. The van der Waals surface area contributed by atoms with Gasteiger partial charge in [-0.25, -0.2) is 9.37 Å². The van der Waals surface area contributed by atoms with Crippen molar-refractivity contribution < 1.29 is 9.13 Å². The minimum atomic E-state index is -0.242. The van der Waals surface area contributed by atoms with Crippen molar-refractivity contribution in [3.05, 3.63) is 68.3 Å². The van der Waals surface area contributed by atoms with Crippen LogP contribution in [0.2, 0.25) is 0 Å². The summed E-state index contributed by atoms with van der Waals surface area (Å²) in [6, 6.07) is 8.16. The number of ether oxygens (including phenoxy) is 1. The predicted octanol–water partition coefficient (Wildman–Crippen LogP) is 3.42. The maximum Gasteiger partial charge on any atom is 0.259 e. The lowest BCUT2D eigenvalue weighted by Crippen LogP contribution is -2.28. The molecule has 7 heteroatoms. The summed E-state index contributed by atoms with van der Waals surface area (Å²) in [5.41, 5.74) is 2.94. The van der Waals surface area contributed by atoms with Gasteiger partial charge in [-0.2, -0.15) is 0 Å². The molecular weight excluding hydrogens is 377 g/mol. The number of aryl methyl sites for hydroxylation is 2. The van der Waals surface area contributed by atoms with Gasteiger partial charge >= 0.3 is 0 Å². The summed E-state index contributed by atoms with van der Waals surface area (Å²) in [6.45, 7) is 2.48. The zero-order valence-electron chi connectivity index (χ0n) is 16.0. The maximum atomic E-state index is 13.2. The van der Waals surface area contributed by atoms with Crippen LogP contribution in [0.1, 0.15) is 34.7 Å². The molecule has 5 nitrogen and oxygen atoms in total. The minimum absolute atomic E-state index is 0.00729. The van der Waals surface area contributed by atoms with E-state index in [9.17, 15) is 9.18 Å². The number of hydrogen-bond donors (Lipinski definition) is 0. The van der Waals surface area contributed by atoms with Gasteiger partial charge in [-0.05, 0) is 43.4 Å². The third kappa shape index (κ3) is 4.16. The molecule has 0 N–H and O–H groups in total. The molecule has 4 rings (SSSR count). The van der Waals surface area contributed by atoms with Gasteiger partial charge in [0, 0.05) is 43.4 Å². The van der Waals surface area contributed by atoms with Gasteiger partial charge in [0.15, 0.2) is 4.96 Å².